The van der Waals surface area contributed by atoms with Crippen LogP contribution in [0.25, 0.3) is 10.9 Å². The number of alkyl halides is 2. The van der Waals surface area contributed by atoms with E-state index in [4.69, 9.17) is 0 Å². The third-order valence-electron chi connectivity index (χ3n) is 3.92. The minimum absolute atomic E-state index is 0.0245. The van der Waals surface area contributed by atoms with Crippen LogP contribution in [0.1, 0.15) is 23.7 Å². The Morgan fingerprint density at radius 3 is 2.77 bits per heavy atom. The summed E-state index contributed by atoms with van der Waals surface area (Å²) in [7, 11) is 0. The van der Waals surface area contributed by atoms with Crippen LogP contribution in [0.3, 0.4) is 0 Å². The molecular formula is C16H16F2N2O2. The Hall–Kier alpha value is -2.24. The number of benzene rings is 1. The number of fused-ring (bicyclic) bond motifs is 1. The molecular weight excluding hydrogens is 290 g/mol. The van der Waals surface area contributed by atoms with Gasteiger partial charge in [0.1, 0.15) is 0 Å². The Bertz CT molecular complexity index is 722. The molecule has 1 aliphatic heterocycles. The van der Waals surface area contributed by atoms with E-state index in [2.05, 4.69) is 4.98 Å². The molecule has 0 unspecified atom stereocenters. The van der Waals surface area contributed by atoms with Crippen molar-refractivity contribution in [2.75, 3.05) is 18.0 Å². The summed E-state index contributed by atoms with van der Waals surface area (Å²) in [5.41, 5.74) is 1.66. The Labute approximate surface area is 126 Å². The number of hydrogen-bond donors (Lipinski definition) is 1. The standard InChI is InChI=1S/C16H16F2N2O2/c1-16(17,18)7-10-8-20(9-10)11-2-3-14-13(6-11)12(15(21)22)4-5-19-14/h2-6,10H,7-9H2,1H3,(H,21,22). The highest BCUT2D eigenvalue weighted by atomic mass is 19.3. The Kier molecular flexibility index (Phi) is 3.47. The smallest absolute Gasteiger partial charge is 0.336 e. The van der Waals surface area contributed by atoms with Crippen LogP contribution in [0.4, 0.5) is 14.5 Å². The van der Waals surface area contributed by atoms with Gasteiger partial charge >= 0.3 is 5.97 Å². The van der Waals surface area contributed by atoms with Gasteiger partial charge in [-0.3, -0.25) is 4.98 Å². The molecule has 0 radical (unpaired) electrons. The van der Waals surface area contributed by atoms with Crippen LogP contribution in [0.2, 0.25) is 0 Å². The predicted molar refractivity (Wildman–Crippen MR) is 79.6 cm³/mol. The van der Waals surface area contributed by atoms with Gasteiger partial charge in [-0.15, -0.1) is 0 Å². The zero-order valence-electron chi connectivity index (χ0n) is 12.1. The first-order valence-electron chi connectivity index (χ1n) is 7.08. The average Bonchev–Trinajstić information content (AvgIpc) is 2.40. The van der Waals surface area contributed by atoms with Gasteiger partial charge in [0.15, 0.2) is 0 Å². The maximum absolute atomic E-state index is 13.0. The predicted octanol–water partition coefficient (Wildman–Crippen LogP) is 3.41. The zero-order valence-corrected chi connectivity index (χ0v) is 12.1. The molecule has 3 rings (SSSR count). The molecule has 1 saturated heterocycles. The molecule has 0 saturated carbocycles. The highest BCUT2D eigenvalue weighted by Gasteiger charge is 2.34. The van der Waals surface area contributed by atoms with E-state index < -0.39 is 11.9 Å². The molecule has 6 heteroatoms. The first kappa shape index (κ1) is 14.7. The number of anilines is 1. The van der Waals surface area contributed by atoms with Crippen molar-refractivity contribution in [2.45, 2.75) is 19.3 Å². The molecule has 1 fully saturated rings. The van der Waals surface area contributed by atoms with Gasteiger partial charge in [0.25, 0.3) is 0 Å². The molecule has 1 aromatic carbocycles. The van der Waals surface area contributed by atoms with Crippen LogP contribution in [-0.2, 0) is 0 Å². The van der Waals surface area contributed by atoms with Crippen molar-refractivity contribution in [3.05, 3.63) is 36.0 Å². The van der Waals surface area contributed by atoms with Crippen molar-refractivity contribution in [1.82, 2.24) is 4.98 Å². The number of halogens is 2. The summed E-state index contributed by atoms with van der Waals surface area (Å²) in [5, 5.41) is 9.79. The molecule has 22 heavy (non-hydrogen) atoms. The maximum atomic E-state index is 13.0. The number of aromatic carboxylic acids is 1. The third-order valence-corrected chi connectivity index (χ3v) is 3.92. The van der Waals surface area contributed by atoms with Crippen LogP contribution in [0.5, 0.6) is 0 Å². The molecule has 116 valence electrons. The number of carboxylic acid groups (broad SMARTS) is 1. The van der Waals surface area contributed by atoms with E-state index in [0.717, 1.165) is 12.6 Å². The largest absolute Gasteiger partial charge is 0.478 e. The summed E-state index contributed by atoms with van der Waals surface area (Å²) < 4.78 is 26.0. The summed E-state index contributed by atoms with van der Waals surface area (Å²) >= 11 is 0. The van der Waals surface area contributed by atoms with Crippen LogP contribution >= 0.6 is 0 Å². The van der Waals surface area contributed by atoms with Crippen LogP contribution < -0.4 is 4.90 Å². The Balaban J connectivity index is 1.82. The Morgan fingerprint density at radius 2 is 2.14 bits per heavy atom. The molecule has 0 atom stereocenters. The van der Waals surface area contributed by atoms with E-state index in [1.807, 2.05) is 11.0 Å². The molecule has 1 aromatic heterocycles. The molecule has 2 aromatic rings. The van der Waals surface area contributed by atoms with Crippen LogP contribution in [-0.4, -0.2) is 35.1 Å². The fraction of sp³-hybridized carbons (Fsp3) is 0.375. The van der Waals surface area contributed by atoms with E-state index in [-0.39, 0.29) is 17.9 Å². The number of carbonyl (C=O) groups is 1. The number of aromatic nitrogens is 1. The van der Waals surface area contributed by atoms with Gasteiger partial charge in [0.2, 0.25) is 5.92 Å². The summed E-state index contributed by atoms with van der Waals surface area (Å²) in [6.07, 6.45) is 1.35. The lowest BCUT2D eigenvalue weighted by atomic mass is 9.92. The van der Waals surface area contributed by atoms with Crippen LogP contribution in [0, 0.1) is 5.92 Å². The SMILES string of the molecule is CC(F)(F)CC1CN(c2ccc3nccc(C(=O)O)c3c2)C1. The number of carboxylic acids is 1. The number of hydrogen-bond acceptors (Lipinski definition) is 3. The number of pyridine rings is 1. The van der Waals surface area contributed by atoms with Crippen molar-refractivity contribution in [2.24, 2.45) is 5.92 Å². The lowest BCUT2D eigenvalue weighted by Crippen LogP contribution is -2.48. The van der Waals surface area contributed by atoms with E-state index >= 15 is 0 Å². The monoisotopic (exact) mass is 306 g/mol. The van der Waals surface area contributed by atoms with Gasteiger partial charge in [-0.1, -0.05) is 0 Å². The van der Waals surface area contributed by atoms with Gasteiger partial charge in [-0.25, -0.2) is 13.6 Å². The van der Waals surface area contributed by atoms with Crippen molar-refractivity contribution < 1.29 is 18.7 Å². The molecule has 0 aliphatic carbocycles. The molecule has 2 heterocycles. The summed E-state index contributed by atoms with van der Waals surface area (Å²) in [4.78, 5) is 17.4. The molecule has 1 N–H and O–H groups in total. The zero-order chi connectivity index (χ0) is 15.9. The second-order valence-corrected chi connectivity index (χ2v) is 5.91. The molecule has 0 amide bonds. The van der Waals surface area contributed by atoms with Crippen molar-refractivity contribution in [3.8, 4) is 0 Å². The second-order valence-electron chi connectivity index (χ2n) is 5.91. The Morgan fingerprint density at radius 1 is 1.41 bits per heavy atom. The fourth-order valence-corrected chi connectivity index (χ4v) is 2.93. The minimum Gasteiger partial charge on any atom is -0.478 e. The van der Waals surface area contributed by atoms with Gasteiger partial charge in [-0.05, 0) is 37.1 Å². The number of nitrogens with zero attached hydrogens (tertiary/aromatic N) is 2. The third kappa shape index (κ3) is 2.86. The lowest BCUT2D eigenvalue weighted by molar-refractivity contribution is -0.00733. The first-order chi connectivity index (χ1) is 10.3. The minimum atomic E-state index is -2.64. The summed E-state index contributed by atoms with van der Waals surface area (Å²) in [5.74, 6) is -3.67. The average molecular weight is 306 g/mol. The molecule has 1 aliphatic rings. The van der Waals surface area contributed by atoms with Gasteiger partial charge in [0.05, 0.1) is 11.1 Å². The highest BCUT2D eigenvalue weighted by molar-refractivity contribution is 6.03. The van der Waals surface area contributed by atoms with E-state index in [1.165, 1.54) is 12.3 Å². The fourth-order valence-electron chi connectivity index (χ4n) is 2.93. The topological polar surface area (TPSA) is 53.4 Å². The van der Waals surface area contributed by atoms with Crippen molar-refractivity contribution in [3.63, 3.8) is 0 Å². The molecule has 0 bridgehead atoms. The normalized spacial score (nSPS) is 15.9. The maximum Gasteiger partial charge on any atom is 0.336 e. The highest BCUT2D eigenvalue weighted by Crippen LogP contribution is 2.33. The van der Waals surface area contributed by atoms with E-state index in [0.29, 0.717) is 24.0 Å². The van der Waals surface area contributed by atoms with Gasteiger partial charge < -0.3 is 10.0 Å². The lowest BCUT2D eigenvalue weighted by Gasteiger charge is -2.42. The van der Waals surface area contributed by atoms with E-state index in [1.54, 1.807) is 12.1 Å². The van der Waals surface area contributed by atoms with Gasteiger partial charge in [0, 0.05) is 36.8 Å². The summed E-state index contributed by atoms with van der Waals surface area (Å²) in [6, 6.07) is 6.84. The quantitative estimate of drug-likeness (QED) is 0.940. The van der Waals surface area contributed by atoms with Crippen molar-refractivity contribution >= 4 is 22.6 Å². The number of rotatable bonds is 4. The molecule has 4 nitrogen and oxygen atoms in total. The van der Waals surface area contributed by atoms with Gasteiger partial charge in [-0.2, -0.15) is 0 Å². The summed E-state index contributed by atoms with van der Waals surface area (Å²) in [6.45, 7) is 2.08. The van der Waals surface area contributed by atoms with E-state index in [9.17, 15) is 18.7 Å². The second kappa shape index (κ2) is 5.19. The van der Waals surface area contributed by atoms with Crippen molar-refractivity contribution in [1.29, 1.82) is 0 Å². The van der Waals surface area contributed by atoms with Crippen LogP contribution in [0.15, 0.2) is 30.5 Å². The molecule has 0 spiro atoms. The first-order valence-corrected chi connectivity index (χ1v) is 7.08.